The van der Waals surface area contributed by atoms with Crippen molar-refractivity contribution in [3.63, 3.8) is 0 Å². The van der Waals surface area contributed by atoms with E-state index in [1.165, 1.54) is 24.8 Å². The fraction of sp³-hybridized carbons (Fsp3) is 0.158. The van der Waals surface area contributed by atoms with E-state index in [-0.39, 0.29) is 17.1 Å². The Morgan fingerprint density at radius 3 is 1.59 bits per heavy atom. The minimum absolute atomic E-state index is 0.207. The number of pyridine rings is 2. The van der Waals surface area contributed by atoms with Crippen molar-refractivity contribution in [3.8, 4) is 0 Å². The van der Waals surface area contributed by atoms with Crippen LogP contribution in [0, 0.1) is 0 Å². The molecule has 0 radical (unpaired) electrons. The van der Waals surface area contributed by atoms with Gasteiger partial charge in [-0.15, -0.1) is 0 Å². The minimum Gasteiger partial charge on any atom is -0.322 e. The number of sulfone groups is 1. The Labute approximate surface area is 318 Å². The molecule has 18 heteroatoms. The lowest BCUT2D eigenvalue weighted by Gasteiger charge is -2.40. The van der Waals surface area contributed by atoms with Gasteiger partial charge >= 0.3 is 11.5 Å². The van der Waals surface area contributed by atoms with Gasteiger partial charge in [0.25, 0.3) is 27.6 Å². The average molecular weight is 787 g/mol. The van der Waals surface area contributed by atoms with E-state index in [1.54, 1.807) is 86.6 Å². The van der Waals surface area contributed by atoms with Crippen molar-refractivity contribution in [3.05, 3.63) is 144 Å². The van der Waals surface area contributed by atoms with Gasteiger partial charge in [0.15, 0.2) is 0 Å². The van der Waals surface area contributed by atoms with E-state index in [0.29, 0.717) is 39.3 Å². The van der Waals surface area contributed by atoms with Crippen molar-refractivity contribution >= 4 is 50.7 Å². The number of imide groups is 1. The minimum atomic E-state index is -5.72. The Kier molecular flexibility index (Phi) is 10.8. The summed E-state index contributed by atoms with van der Waals surface area (Å²) in [6, 6.07) is 22.1. The summed E-state index contributed by atoms with van der Waals surface area (Å²) >= 11 is 0. The van der Waals surface area contributed by atoms with Crippen LogP contribution in [0.4, 0.5) is 35.0 Å². The van der Waals surface area contributed by atoms with Crippen LogP contribution in [0.25, 0.3) is 0 Å². The Morgan fingerprint density at radius 1 is 0.714 bits per heavy atom. The Hall–Kier alpha value is -6.82. The van der Waals surface area contributed by atoms with Gasteiger partial charge in [-0.2, -0.15) is 13.2 Å². The summed E-state index contributed by atoms with van der Waals surface area (Å²) in [5.74, 6) is -3.71. The number of hydrogen-bond acceptors (Lipinski definition) is 10. The molecular formula is C38H33F3N8O6S. The van der Waals surface area contributed by atoms with E-state index in [1.807, 2.05) is 0 Å². The van der Waals surface area contributed by atoms with Crippen LogP contribution in [0.1, 0.15) is 57.5 Å². The molecule has 1 aliphatic heterocycles. The van der Waals surface area contributed by atoms with E-state index in [4.69, 9.17) is 0 Å². The van der Waals surface area contributed by atoms with Gasteiger partial charge in [-0.1, -0.05) is 50.2 Å². The predicted octanol–water partition coefficient (Wildman–Crippen LogP) is 5.69. The van der Waals surface area contributed by atoms with Crippen molar-refractivity contribution in [2.45, 2.75) is 41.6 Å². The SMILES string of the molecule is CC(c1ccncc1NNC(=O)c1ccccc1)C1(C(C)c2ccncc2NNC(=O)c2ccccc2)NC(=O)N(c2ccc(S(=O)(=O)C(F)(F)F)cc2)C1=O. The van der Waals surface area contributed by atoms with Crippen molar-refractivity contribution in [1.82, 2.24) is 26.1 Å². The number of nitrogens with one attached hydrogen (secondary N) is 5. The predicted molar refractivity (Wildman–Crippen MR) is 199 cm³/mol. The summed E-state index contributed by atoms with van der Waals surface area (Å²) in [5, 5.41) is 2.84. The van der Waals surface area contributed by atoms with Crippen molar-refractivity contribution in [1.29, 1.82) is 0 Å². The highest BCUT2D eigenvalue weighted by molar-refractivity contribution is 7.92. The van der Waals surface area contributed by atoms with Gasteiger partial charge < -0.3 is 5.32 Å². The summed E-state index contributed by atoms with van der Waals surface area (Å²) in [4.78, 5) is 62.8. The summed E-state index contributed by atoms with van der Waals surface area (Å²) in [7, 11) is -5.72. The van der Waals surface area contributed by atoms with Gasteiger partial charge in [-0.05, 0) is 71.8 Å². The lowest BCUT2D eigenvalue weighted by atomic mass is 9.69. The molecule has 0 bridgehead atoms. The van der Waals surface area contributed by atoms with Crippen LogP contribution in [0.3, 0.4) is 0 Å². The van der Waals surface area contributed by atoms with Gasteiger partial charge in [-0.3, -0.25) is 46.1 Å². The molecular weight excluding hydrogens is 754 g/mol. The van der Waals surface area contributed by atoms with Gasteiger partial charge in [0.2, 0.25) is 0 Å². The molecule has 2 atom stereocenters. The summed E-state index contributed by atoms with van der Waals surface area (Å²) < 4.78 is 64.0. The molecule has 3 aromatic carbocycles. The first-order chi connectivity index (χ1) is 26.7. The molecule has 0 spiro atoms. The van der Waals surface area contributed by atoms with Gasteiger partial charge in [-0.25, -0.2) is 18.1 Å². The van der Waals surface area contributed by atoms with E-state index >= 15 is 0 Å². The largest absolute Gasteiger partial charge is 0.501 e. The molecule has 56 heavy (non-hydrogen) atoms. The van der Waals surface area contributed by atoms with Crippen LogP contribution in [0.2, 0.25) is 0 Å². The number of nitrogens with zero attached hydrogens (tertiary/aromatic N) is 3. The van der Waals surface area contributed by atoms with Crippen LogP contribution >= 0.6 is 0 Å². The molecule has 288 valence electrons. The number of aromatic nitrogens is 2. The number of alkyl halides is 3. The second-order valence-electron chi connectivity index (χ2n) is 12.6. The van der Waals surface area contributed by atoms with E-state index in [9.17, 15) is 40.8 Å². The molecule has 1 aliphatic rings. The third-order valence-electron chi connectivity index (χ3n) is 9.49. The molecule has 14 nitrogen and oxygen atoms in total. The smallest absolute Gasteiger partial charge is 0.322 e. The second kappa shape index (κ2) is 15.5. The van der Waals surface area contributed by atoms with E-state index < -0.39 is 61.4 Å². The quantitative estimate of drug-likeness (QED) is 0.0776. The molecule has 0 saturated carbocycles. The molecule has 6 rings (SSSR count). The highest BCUT2D eigenvalue weighted by Gasteiger charge is 2.59. The monoisotopic (exact) mass is 786 g/mol. The third kappa shape index (κ3) is 7.33. The summed E-state index contributed by atoms with van der Waals surface area (Å²) in [5.41, 5.74) is 5.29. The fourth-order valence-corrected chi connectivity index (χ4v) is 7.27. The lowest BCUT2D eigenvalue weighted by molar-refractivity contribution is -0.123. The van der Waals surface area contributed by atoms with Crippen LogP contribution in [-0.4, -0.2) is 53.2 Å². The third-order valence-corrected chi connectivity index (χ3v) is 11.0. The highest BCUT2D eigenvalue weighted by atomic mass is 32.2. The van der Waals surface area contributed by atoms with Gasteiger partial charge in [0, 0.05) is 35.4 Å². The zero-order valence-corrected chi connectivity index (χ0v) is 30.4. The maximum absolute atomic E-state index is 15.0. The van der Waals surface area contributed by atoms with Crippen molar-refractivity contribution < 1.29 is 40.8 Å². The molecule has 0 aliphatic carbocycles. The maximum atomic E-state index is 15.0. The normalized spacial score (nSPS) is 16.7. The number of hydrazine groups is 2. The van der Waals surface area contributed by atoms with Crippen molar-refractivity contribution in [2.75, 3.05) is 15.8 Å². The topological polar surface area (TPSA) is 192 Å². The summed E-state index contributed by atoms with van der Waals surface area (Å²) in [6.07, 6.45) is 5.72. The number of carbonyl (C=O) groups is 4. The van der Waals surface area contributed by atoms with Crippen LogP contribution in [-0.2, 0) is 14.6 Å². The van der Waals surface area contributed by atoms with Gasteiger partial charge in [0.1, 0.15) is 5.54 Å². The average Bonchev–Trinajstić information content (AvgIpc) is 3.48. The second-order valence-corrected chi connectivity index (χ2v) is 14.6. The number of hydrogen-bond donors (Lipinski definition) is 5. The number of urea groups is 1. The first-order valence-electron chi connectivity index (χ1n) is 16.9. The number of halogens is 3. The van der Waals surface area contributed by atoms with Crippen molar-refractivity contribution in [2.24, 2.45) is 0 Å². The first kappa shape index (κ1) is 38.9. The van der Waals surface area contributed by atoms with Crippen LogP contribution < -0.4 is 31.9 Å². The number of benzene rings is 3. The van der Waals surface area contributed by atoms with Crippen LogP contribution in [0.5, 0.6) is 0 Å². The standard InChI is InChI=1S/C38H33F3N8O6S/c1-23(29-17-19-42-21-31(29)45-47-33(50)25-9-5-3-6-10-25)37(24(2)30-18-20-43-22-32(30)46-48-34(51)26-11-7-4-8-12-26)35(52)49(36(53)44-37)27-13-15-28(16-14-27)56(54,55)38(39,40)41/h3-24,45-46H,1-2H3,(H,44,53)(H,47,50)(H,48,51). The number of carbonyl (C=O) groups excluding carboxylic acids is 4. The molecule has 5 N–H and O–H groups in total. The first-order valence-corrected chi connectivity index (χ1v) is 18.3. The number of amides is 5. The van der Waals surface area contributed by atoms with Crippen LogP contribution in [0.15, 0.2) is 127 Å². The number of anilines is 3. The molecule has 2 aromatic heterocycles. The van der Waals surface area contributed by atoms with E-state index in [0.717, 1.165) is 12.1 Å². The molecule has 5 amide bonds. The summed E-state index contributed by atoms with van der Waals surface area (Å²) in [6.45, 7) is 3.31. The Morgan fingerprint density at radius 2 is 1.16 bits per heavy atom. The fourth-order valence-electron chi connectivity index (χ4n) is 6.50. The molecule has 1 saturated heterocycles. The van der Waals surface area contributed by atoms with Gasteiger partial charge in [0.05, 0.1) is 34.4 Å². The number of rotatable bonds is 12. The highest BCUT2D eigenvalue weighted by Crippen LogP contribution is 2.47. The Bertz CT molecular complexity index is 2280. The Balaban J connectivity index is 1.40. The molecule has 3 heterocycles. The van der Waals surface area contributed by atoms with E-state index in [2.05, 4.69) is 37.0 Å². The molecule has 5 aromatic rings. The maximum Gasteiger partial charge on any atom is 0.501 e. The lowest BCUT2D eigenvalue weighted by Crippen LogP contribution is -2.55. The molecule has 2 unspecified atom stereocenters. The zero-order valence-electron chi connectivity index (χ0n) is 29.5. The zero-order chi connectivity index (χ0) is 40.3. The molecule has 1 fully saturated rings.